The second kappa shape index (κ2) is 3.42. The molecule has 0 saturated carbocycles. The number of hydrogen-bond donors (Lipinski definition) is 2. The monoisotopic (exact) mass is 252 g/mol. The summed E-state index contributed by atoms with van der Waals surface area (Å²) in [6.45, 7) is 0. The summed E-state index contributed by atoms with van der Waals surface area (Å²) in [5, 5.41) is 4.97. The van der Waals surface area contributed by atoms with Crippen molar-refractivity contribution in [2.45, 2.75) is 0 Å². The number of halogens is 1. The fraction of sp³-hybridized carbons (Fsp3) is 0.111. The van der Waals surface area contributed by atoms with Crippen LogP contribution in [0.5, 0.6) is 0 Å². The first-order valence-corrected chi connectivity index (χ1v) is 4.89. The van der Waals surface area contributed by atoms with Gasteiger partial charge in [0.25, 0.3) is 0 Å². The maximum Gasteiger partial charge on any atom is 0.135 e. The average molecular weight is 253 g/mol. The van der Waals surface area contributed by atoms with E-state index < -0.39 is 0 Å². The van der Waals surface area contributed by atoms with Gasteiger partial charge in [0.15, 0.2) is 0 Å². The fourth-order valence-corrected chi connectivity index (χ4v) is 1.75. The smallest absolute Gasteiger partial charge is 0.135 e. The van der Waals surface area contributed by atoms with Crippen molar-refractivity contribution in [2.75, 3.05) is 18.1 Å². The zero-order chi connectivity index (χ0) is 10.1. The molecule has 3 N–H and O–H groups in total. The molecule has 0 amide bonds. The molecule has 0 aliphatic carbocycles. The van der Waals surface area contributed by atoms with Crippen LogP contribution in [0.1, 0.15) is 0 Å². The van der Waals surface area contributed by atoms with Gasteiger partial charge in [0.05, 0.1) is 0 Å². The van der Waals surface area contributed by atoms with Crippen LogP contribution in [0.25, 0.3) is 10.8 Å². The Hall–Kier alpha value is -1.36. The first kappa shape index (κ1) is 9.21. The molecule has 0 bridgehead atoms. The van der Waals surface area contributed by atoms with Crippen molar-refractivity contribution in [2.24, 2.45) is 0 Å². The van der Waals surface area contributed by atoms with Crippen LogP contribution in [-0.4, -0.2) is 17.0 Å². The number of nitrogens with zero attached hydrogens (tertiary/aromatic N) is 2. The maximum absolute atomic E-state index is 5.61. The lowest BCUT2D eigenvalue weighted by Crippen LogP contribution is -1.96. The maximum atomic E-state index is 5.61. The molecule has 4 nitrogen and oxygen atoms in total. The lowest BCUT2D eigenvalue weighted by molar-refractivity contribution is 1.28. The third-order valence-corrected chi connectivity index (χ3v) is 2.61. The Morgan fingerprint density at radius 1 is 1.29 bits per heavy atom. The number of nitrogen functional groups attached to an aromatic ring is 1. The highest BCUT2D eigenvalue weighted by molar-refractivity contribution is 9.10. The Morgan fingerprint density at radius 3 is 2.79 bits per heavy atom. The number of nitrogens with one attached hydrogen (secondary N) is 1. The molecular weight excluding hydrogens is 244 g/mol. The van der Waals surface area contributed by atoms with Crippen LogP contribution >= 0.6 is 15.9 Å². The predicted octanol–water partition coefficient (Wildman–Crippen LogP) is 2.02. The molecule has 0 saturated heterocycles. The largest absolute Gasteiger partial charge is 0.384 e. The number of nitrogens with two attached hydrogens (primary N) is 1. The summed E-state index contributed by atoms with van der Waals surface area (Å²) in [5.74, 6) is 1.31. The van der Waals surface area contributed by atoms with E-state index in [2.05, 4.69) is 31.2 Å². The van der Waals surface area contributed by atoms with E-state index in [9.17, 15) is 0 Å². The first-order chi connectivity index (χ1) is 6.72. The Labute approximate surface area is 89.7 Å². The summed E-state index contributed by atoms with van der Waals surface area (Å²) in [5.41, 5.74) is 5.61. The summed E-state index contributed by atoms with van der Waals surface area (Å²) in [7, 11) is 1.83. The summed E-state index contributed by atoms with van der Waals surface area (Å²) in [6, 6.07) is 1.82. The molecule has 0 unspecified atom stereocenters. The van der Waals surface area contributed by atoms with Crippen molar-refractivity contribution in [3.8, 4) is 0 Å². The second-order valence-electron chi connectivity index (χ2n) is 2.86. The van der Waals surface area contributed by atoms with Crippen LogP contribution in [0.3, 0.4) is 0 Å². The summed E-state index contributed by atoms with van der Waals surface area (Å²) in [4.78, 5) is 8.25. The minimum Gasteiger partial charge on any atom is -0.384 e. The van der Waals surface area contributed by atoms with Gasteiger partial charge in [-0.1, -0.05) is 0 Å². The van der Waals surface area contributed by atoms with E-state index in [1.807, 2.05) is 13.1 Å². The summed E-state index contributed by atoms with van der Waals surface area (Å²) >= 11 is 3.42. The topological polar surface area (TPSA) is 63.8 Å². The van der Waals surface area contributed by atoms with E-state index >= 15 is 0 Å². The molecule has 2 aromatic heterocycles. The van der Waals surface area contributed by atoms with Crippen molar-refractivity contribution in [3.63, 3.8) is 0 Å². The molecule has 0 radical (unpaired) electrons. The molecule has 0 aliphatic rings. The van der Waals surface area contributed by atoms with Crippen LogP contribution < -0.4 is 11.1 Å². The van der Waals surface area contributed by atoms with Crippen LogP contribution in [0.2, 0.25) is 0 Å². The number of hydrogen-bond acceptors (Lipinski definition) is 4. The van der Waals surface area contributed by atoms with Crippen LogP contribution in [0, 0.1) is 0 Å². The highest BCUT2D eigenvalue weighted by Gasteiger charge is 2.05. The van der Waals surface area contributed by atoms with Crippen LogP contribution in [-0.2, 0) is 0 Å². The van der Waals surface area contributed by atoms with E-state index in [0.29, 0.717) is 5.82 Å². The van der Waals surface area contributed by atoms with E-state index in [1.165, 1.54) is 0 Å². The molecule has 14 heavy (non-hydrogen) atoms. The molecular formula is C9H9BrN4. The molecule has 0 aromatic carbocycles. The van der Waals surface area contributed by atoms with Crippen LogP contribution in [0.15, 0.2) is 22.9 Å². The molecule has 2 aromatic rings. The highest BCUT2D eigenvalue weighted by atomic mass is 79.9. The molecule has 72 valence electrons. The van der Waals surface area contributed by atoms with E-state index in [0.717, 1.165) is 21.1 Å². The predicted molar refractivity (Wildman–Crippen MR) is 61.2 cm³/mol. The van der Waals surface area contributed by atoms with Gasteiger partial charge in [0.1, 0.15) is 11.6 Å². The third kappa shape index (κ3) is 1.39. The van der Waals surface area contributed by atoms with E-state index in [1.54, 1.807) is 12.4 Å². The third-order valence-electron chi connectivity index (χ3n) is 1.98. The van der Waals surface area contributed by atoms with Gasteiger partial charge in [-0.25, -0.2) is 9.97 Å². The zero-order valence-corrected chi connectivity index (χ0v) is 9.17. The SMILES string of the molecule is CNc1ncc(Br)c2cc(N)ncc12. The number of anilines is 2. The van der Waals surface area contributed by atoms with Crippen molar-refractivity contribution >= 4 is 38.3 Å². The van der Waals surface area contributed by atoms with Gasteiger partial charge in [-0.05, 0) is 22.0 Å². The average Bonchev–Trinajstić information content (AvgIpc) is 2.19. The number of pyridine rings is 2. The number of aromatic nitrogens is 2. The minimum atomic E-state index is 0.506. The Kier molecular flexibility index (Phi) is 2.25. The minimum absolute atomic E-state index is 0.506. The van der Waals surface area contributed by atoms with E-state index in [-0.39, 0.29) is 0 Å². The first-order valence-electron chi connectivity index (χ1n) is 4.10. The standard InChI is InChI=1S/C9H9BrN4/c1-12-9-6-3-13-8(11)2-5(6)7(10)4-14-9/h2-4H,1H3,(H2,11,13)(H,12,14). The van der Waals surface area contributed by atoms with Gasteiger partial charge < -0.3 is 11.1 Å². The molecule has 5 heteroatoms. The molecule has 0 atom stereocenters. The Bertz CT molecular complexity index is 483. The lowest BCUT2D eigenvalue weighted by Gasteiger charge is -2.06. The summed E-state index contributed by atoms with van der Waals surface area (Å²) < 4.78 is 0.917. The number of rotatable bonds is 1. The Balaban J connectivity index is 2.84. The van der Waals surface area contributed by atoms with E-state index in [4.69, 9.17) is 5.73 Å². The fourth-order valence-electron chi connectivity index (χ4n) is 1.32. The normalized spacial score (nSPS) is 10.4. The highest BCUT2D eigenvalue weighted by Crippen LogP contribution is 2.28. The zero-order valence-electron chi connectivity index (χ0n) is 7.58. The van der Waals surface area contributed by atoms with Crippen molar-refractivity contribution in [1.82, 2.24) is 9.97 Å². The molecule has 2 rings (SSSR count). The van der Waals surface area contributed by atoms with Gasteiger partial charge in [-0.2, -0.15) is 0 Å². The van der Waals surface area contributed by atoms with Crippen molar-refractivity contribution < 1.29 is 0 Å². The molecule has 0 spiro atoms. The van der Waals surface area contributed by atoms with Gasteiger partial charge in [-0.15, -0.1) is 0 Å². The number of fused-ring (bicyclic) bond motifs is 1. The van der Waals surface area contributed by atoms with Gasteiger partial charge in [0.2, 0.25) is 0 Å². The van der Waals surface area contributed by atoms with Gasteiger partial charge in [0, 0.05) is 34.7 Å². The van der Waals surface area contributed by atoms with Crippen LogP contribution in [0.4, 0.5) is 11.6 Å². The summed E-state index contributed by atoms with van der Waals surface area (Å²) in [6.07, 6.45) is 3.46. The molecule has 0 aliphatic heterocycles. The molecule has 2 heterocycles. The molecule has 0 fully saturated rings. The second-order valence-corrected chi connectivity index (χ2v) is 3.71. The lowest BCUT2D eigenvalue weighted by atomic mass is 10.2. The van der Waals surface area contributed by atoms with Gasteiger partial charge >= 0.3 is 0 Å². The van der Waals surface area contributed by atoms with Crippen molar-refractivity contribution in [3.05, 3.63) is 22.9 Å². The quantitative estimate of drug-likeness (QED) is 0.816. The Morgan fingerprint density at radius 2 is 2.07 bits per heavy atom. The van der Waals surface area contributed by atoms with Gasteiger partial charge in [-0.3, -0.25) is 0 Å². The van der Waals surface area contributed by atoms with Crippen molar-refractivity contribution in [1.29, 1.82) is 0 Å².